The van der Waals surface area contributed by atoms with Crippen molar-refractivity contribution in [2.75, 3.05) is 0 Å². The van der Waals surface area contributed by atoms with Crippen molar-refractivity contribution in [1.82, 2.24) is 0 Å². The first-order valence-corrected chi connectivity index (χ1v) is 12.8. The van der Waals surface area contributed by atoms with E-state index in [4.69, 9.17) is 0 Å². The second-order valence-electron chi connectivity index (χ2n) is 8.15. The summed E-state index contributed by atoms with van der Waals surface area (Å²) in [4.78, 5) is 0.429. The molecule has 0 aliphatic heterocycles. The van der Waals surface area contributed by atoms with E-state index in [2.05, 4.69) is 0 Å². The number of benzene rings is 2. The lowest BCUT2D eigenvalue weighted by Gasteiger charge is -2.35. The third-order valence-electron chi connectivity index (χ3n) is 6.95. The second-order valence-corrected chi connectivity index (χ2v) is 12.3. The van der Waals surface area contributed by atoms with Gasteiger partial charge in [-0.2, -0.15) is 0 Å². The molecular weight excluding hydrogens is 392 g/mol. The Morgan fingerprint density at radius 3 is 1.96 bits per heavy atom. The van der Waals surface area contributed by atoms with Gasteiger partial charge in [-0.25, -0.2) is 16.8 Å². The Hall–Kier alpha value is -1.92. The molecule has 146 valence electrons. The first-order chi connectivity index (χ1) is 13.4. The highest BCUT2D eigenvalue weighted by Crippen LogP contribution is 2.66. The average molecular weight is 415 g/mol. The Labute approximate surface area is 166 Å². The van der Waals surface area contributed by atoms with Gasteiger partial charge in [0.05, 0.1) is 20.3 Å². The summed E-state index contributed by atoms with van der Waals surface area (Å²) in [6, 6.07) is 16.6. The summed E-state index contributed by atoms with van der Waals surface area (Å²) in [6.07, 6.45) is 6.58. The van der Waals surface area contributed by atoms with Crippen LogP contribution in [0.4, 0.5) is 0 Å². The van der Waals surface area contributed by atoms with Gasteiger partial charge in [0, 0.05) is 5.41 Å². The number of sulfone groups is 2. The van der Waals surface area contributed by atoms with Crippen molar-refractivity contribution in [2.24, 2.45) is 17.3 Å². The number of allylic oxidation sites excluding steroid dienone is 2. The third-order valence-corrected chi connectivity index (χ3v) is 11.7. The Kier molecular flexibility index (Phi) is 3.91. The molecule has 0 spiro atoms. The first kappa shape index (κ1) is 18.1. The van der Waals surface area contributed by atoms with Crippen molar-refractivity contribution < 1.29 is 16.8 Å². The van der Waals surface area contributed by atoms with Crippen LogP contribution in [-0.2, 0) is 19.7 Å². The van der Waals surface area contributed by atoms with Gasteiger partial charge in [0.15, 0.2) is 19.7 Å². The Morgan fingerprint density at radius 1 is 0.786 bits per heavy atom. The van der Waals surface area contributed by atoms with Gasteiger partial charge in [0.25, 0.3) is 0 Å². The van der Waals surface area contributed by atoms with Crippen molar-refractivity contribution in [3.8, 4) is 0 Å². The van der Waals surface area contributed by atoms with Crippen LogP contribution in [0.5, 0.6) is 0 Å². The largest absolute Gasteiger partial charge is 0.223 e. The van der Waals surface area contributed by atoms with Crippen LogP contribution in [0, 0.1) is 17.3 Å². The van der Waals surface area contributed by atoms with Crippen LogP contribution >= 0.6 is 0 Å². The number of hydrogen-bond acceptors (Lipinski definition) is 4. The van der Waals surface area contributed by atoms with Gasteiger partial charge in [-0.3, -0.25) is 0 Å². The summed E-state index contributed by atoms with van der Waals surface area (Å²) in [5, 5.41) is -1.87. The Morgan fingerprint density at radius 2 is 1.36 bits per heavy atom. The molecule has 0 saturated heterocycles. The number of rotatable bonds is 4. The van der Waals surface area contributed by atoms with Crippen molar-refractivity contribution in [3.05, 3.63) is 72.8 Å². The molecule has 0 aromatic heterocycles. The van der Waals surface area contributed by atoms with E-state index < -0.39 is 35.6 Å². The van der Waals surface area contributed by atoms with Crippen molar-refractivity contribution in [3.63, 3.8) is 0 Å². The van der Waals surface area contributed by atoms with E-state index >= 15 is 0 Å². The minimum atomic E-state index is -3.80. The normalized spacial score (nSPS) is 33.9. The molecule has 5 unspecified atom stereocenters. The summed E-state index contributed by atoms with van der Waals surface area (Å²) in [6.45, 7) is 0. The molecule has 2 fully saturated rings. The van der Waals surface area contributed by atoms with E-state index in [0.717, 1.165) is 19.3 Å². The molecule has 28 heavy (non-hydrogen) atoms. The molecule has 0 heterocycles. The highest BCUT2D eigenvalue weighted by atomic mass is 32.2. The summed E-state index contributed by atoms with van der Waals surface area (Å²) >= 11 is 0. The van der Waals surface area contributed by atoms with Crippen LogP contribution in [-0.4, -0.2) is 27.3 Å². The van der Waals surface area contributed by atoms with E-state index in [9.17, 15) is 16.8 Å². The molecule has 0 amide bonds. The number of hydrogen-bond donors (Lipinski definition) is 0. The molecule has 5 atom stereocenters. The van der Waals surface area contributed by atoms with E-state index in [0.29, 0.717) is 0 Å². The molecule has 6 heteroatoms. The molecule has 2 aromatic carbocycles. The highest BCUT2D eigenvalue weighted by Gasteiger charge is 2.70. The molecule has 3 aliphatic rings. The van der Waals surface area contributed by atoms with Gasteiger partial charge in [-0.15, -0.1) is 0 Å². The monoisotopic (exact) mass is 414 g/mol. The fourth-order valence-electron chi connectivity index (χ4n) is 5.92. The van der Waals surface area contributed by atoms with Gasteiger partial charge in [0.1, 0.15) is 0 Å². The standard InChI is InChI=1S/C22H22O4S2/c23-27(24,16-8-3-1-4-9-16)20-18-13-15-22(14-7-12-19(18)22)21(20)28(25,26)17-10-5-2-6-11-17/h1-6,8-11,13,15,18-21H,7,12,14H2. The van der Waals surface area contributed by atoms with Crippen molar-refractivity contribution >= 4 is 19.7 Å². The van der Waals surface area contributed by atoms with Gasteiger partial charge in [-0.1, -0.05) is 55.0 Å². The van der Waals surface area contributed by atoms with Crippen LogP contribution in [0.3, 0.4) is 0 Å². The zero-order chi connectivity index (χ0) is 19.6. The Balaban J connectivity index is 1.72. The fourth-order valence-corrected chi connectivity index (χ4v) is 11.2. The molecule has 0 radical (unpaired) electrons. The molecule has 5 rings (SSSR count). The zero-order valence-electron chi connectivity index (χ0n) is 15.3. The smallest absolute Gasteiger partial charge is 0.183 e. The topological polar surface area (TPSA) is 68.3 Å². The molecule has 2 saturated carbocycles. The van der Waals surface area contributed by atoms with E-state index in [1.165, 1.54) is 0 Å². The molecule has 2 aromatic rings. The second kappa shape index (κ2) is 6.04. The van der Waals surface area contributed by atoms with Gasteiger partial charge >= 0.3 is 0 Å². The van der Waals surface area contributed by atoms with Crippen LogP contribution < -0.4 is 0 Å². The summed E-state index contributed by atoms with van der Waals surface area (Å²) < 4.78 is 54.8. The highest BCUT2D eigenvalue weighted by molar-refractivity contribution is 7.96. The summed E-state index contributed by atoms with van der Waals surface area (Å²) in [7, 11) is -7.59. The quantitative estimate of drug-likeness (QED) is 0.716. The van der Waals surface area contributed by atoms with Gasteiger partial charge < -0.3 is 0 Å². The third kappa shape index (κ3) is 2.28. The lowest BCUT2D eigenvalue weighted by atomic mass is 9.82. The zero-order valence-corrected chi connectivity index (χ0v) is 16.9. The predicted octanol–water partition coefficient (Wildman–Crippen LogP) is 3.66. The van der Waals surface area contributed by atoms with E-state index in [1.807, 2.05) is 12.2 Å². The molecule has 4 nitrogen and oxygen atoms in total. The molecule has 0 N–H and O–H groups in total. The molecule has 3 aliphatic carbocycles. The van der Waals surface area contributed by atoms with E-state index in [-0.39, 0.29) is 21.6 Å². The van der Waals surface area contributed by atoms with Crippen LogP contribution in [0.25, 0.3) is 0 Å². The molecular formula is C22H22O4S2. The summed E-state index contributed by atoms with van der Waals surface area (Å²) in [5.41, 5.74) is -0.564. The first-order valence-electron chi connectivity index (χ1n) is 9.66. The van der Waals surface area contributed by atoms with Crippen molar-refractivity contribution in [1.29, 1.82) is 0 Å². The molecule has 2 bridgehead atoms. The van der Waals surface area contributed by atoms with Crippen LogP contribution in [0.1, 0.15) is 19.3 Å². The SMILES string of the molecule is O=S(=O)(c1ccccc1)C1C2C=CC3(CCCC23)C1S(=O)(=O)c1ccccc1. The van der Waals surface area contributed by atoms with E-state index in [1.54, 1.807) is 60.7 Å². The van der Waals surface area contributed by atoms with Crippen LogP contribution in [0.2, 0.25) is 0 Å². The maximum absolute atomic E-state index is 13.8. The average Bonchev–Trinajstić information content (AvgIpc) is 3.34. The van der Waals surface area contributed by atoms with Crippen LogP contribution in [0.15, 0.2) is 82.6 Å². The van der Waals surface area contributed by atoms with Gasteiger partial charge in [0.2, 0.25) is 0 Å². The van der Waals surface area contributed by atoms with Crippen molar-refractivity contribution in [2.45, 2.75) is 39.6 Å². The maximum atomic E-state index is 13.8. The predicted molar refractivity (Wildman–Crippen MR) is 107 cm³/mol. The van der Waals surface area contributed by atoms with Gasteiger partial charge in [-0.05, 0) is 48.9 Å². The Bertz CT molecular complexity index is 1140. The lowest BCUT2D eigenvalue weighted by Crippen LogP contribution is -2.47. The lowest BCUT2D eigenvalue weighted by molar-refractivity contribution is 0.329. The minimum Gasteiger partial charge on any atom is -0.223 e. The summed E-state index contributed by atoms with van der Waals surface area (Å²) in [5.74, 6) is -0.143. The fraction of sp³-hybridized carbons (Fsp3) is 0.364. The minimum absolute atomic E-state index is 0.0967. The maximum Gasteiger partial charge on any atom is 0.183 e.